The van der Waals surface area contributed by atoms with Crippen LogP contribution in [0.3, 0.4) is 0 Å². The number of benzene rings is 2. The van der Waals surface area contributed by atoms with Crippen LogP contribution in [0.15, 0.2) is 60.8 Å². The van der Waals surface area contributed by atoms with Crippen molar-refractivity contribution in [3.05, 3.63) is 83.4 Å². The van der Waals surface area contributed by atoms with E-state index in [0.717, 1.165) is 37.8 Å². The molecule has 0 radical (unpaired) electrons. The van der Waals surface area contributed by atoms with Gasteiger partial charge in [-0.25, -0.2) is 9.07 Å². The molecule has 3 nitrogen and oxygen atoms in total. The number of aliphatic hydroxyl groups excluding tert-OH is 1. The van der Waals surface area contributed by atoms with Crippen molar-refractivity contribution in [3.8, 4) is 5.69 Å². The average Bonchev–Trinajstić information content (AvgIpc) is 3.14. The van der Waals surface area contributed by atoms with Crippen LogP contribution in [0, 0.1) is 23.1 Å². The molecule has 1 saturated carbocycles. The van der Waals surface area contributed by atoms with E-state index in [2.05, 4.69) is 24.2 Å². The van der Waals surface area contributed by atoms with Gasteiger partial charge in [-0.2, -0.15) is 5.10 Å². The first-order chi connectivity index (χ1) is 14.5. The van der Waals surface area contributed by atoms with Gasteiger partial charge in [0, 0.05) is 5.69 Å². The van der Waals surface area contributed by atoms with Crippen molar-refractivity contribution in [2.45, 2.75) is 51.6 Å². The van der Waals surface area contributed by atoms with E-state index in [9.17, 15) is 9.50 Å². The van der Waals surface area contributed by atoms with Gasteiger partial charge < -0.3 is 5.11 Å². The first-order valence-electron chi connectivity index (χ1n) is 11.1. The van der Waals surface area contributed by atoms with Crippen molar-refractivity contribution in [1.29, 1.82) is 0 Å². The monoisotopic (exact) mass is 404 g/mol. The lowest BCUT2D eigenvalue weighted by molar-refractivity contribution is -0.0468. The number of halogens is 1. The van der Waals surface area contributed by atoms with Crippen LogP contribution in [0.1, 0.15) is 43.0 Å². The van der Waals surface area contributed by atoms with Crippen molar-refractivity contribution < 1.29 is 9.50 Å². The summed E-state index contributed by atoms with van der Waals surface area (Å²) in [6, 6.07) is 16.9. The van der Waals surface area contributed by atoms with Crippen LogP contribution in [-0.2, 0) is 19.3 Å². The van der Waals surface area contributed by atoms with Crippen molar-refractivity contribution in [2.24, 2.45) is 17.3 Å². The van der Waals surface area contributed by atoms with Crippen LogP contribution in [-0.4, -0.2) is 21.0 Å². The predicted octanol–water partition coefficient (Wildman–Crippen LogP) is 5.14. The summed E-state index contributed by atoms with van der Waals surface area (Å²) in [5, 5.41) is 15.9. The van der Waals surface area contributed by atoms with E-state index in [1.165, 1.54) is 35.4 Å². The van der Waals surface area contributed by atoms with E-state index in [0.29, 0.717) is 11.8 Å². The molecule has 1 heterocycles. The summed E-state index contributed by atoms with van der Waals surface area (Å²) in [5.74, 6) is 0.596. The fourth-order valence-electron chi connectivity index (χ4n) is 6.01. The predicted molar refractivity (Wildman–Crippen MR) is 116 cm³/mol. The first kappa shape index (κ1) is 19.5. The fraction of sp³-hybridized carbons (Fsp3) is 0.423. The summed E-state index contributed by atoms with van der Waals surface area (Å²) in [5.41, 5.74) is 4.73. The molecule has 0 bridgehead atoms. The summed E-state index contributed by atoms with van der Waals surface area (Å²) in [7, 11) is 0. The minimum Gasteiger partial charge on any atom is -0.392 e. The Morgan fingerprint density at radius 2 is 1.90 bits per heavy atom. The van der Waals surface area contributed by atoms with E-state index in [4.69, 9.17) is 0 Å². The molecule has 156 valence electrons. The molecule has 0 spiro atoms. The number of aromatic nitrogens is 2. The molecule has 2 aliphatic carbocycles. The van der Waals surface area contributed by atoms with Crippen LogP contribution in [0.5, 0.6) is 0 Å². The van der Waals surface area contributed by atoms with Crippen molar-refractivity contribution in [3.63, 3.8) is 0 Å². The van der Waals surface area contributed by atoms with Gasteiger partial charge in [0.15, 0.2) is 0 Å². The highest BCUT2D eigenvalue weighted by Gasteiger charge is 2.49. The Morgan fingerprint density at radius 3 is 2.67 bits per heavy atom. The summed E-state index contributed by atoms with van der Waals surface area (Å²) < 4.78 is 15.3. The van der Waals surface area contributed by atoms with Crippen LogP contribution < -0.4 is 0 Å². The number of nitrogens with zero attached hydrogens (tertiary/aromatic N) is 2. The third kappa shape index (κ3) is 3.37. The number of rotatable bonds is 4. The lowest BCUT2D eigenvalue weighted by atomic mass is 9.54. The molecule has 1 aromatic heterocycles. The zero-order valence-corrected chi connectivity index (χ0v) is 17.5. The van der Waals surface area contributed by atoms with E-state index in [1.807, 2.05) is 29.1 Å². The van der Waals surface area contributed by atoms with Gasteiger partial charge in [-0.15, -0.1) is 0 Å². The molecule has 0 saturated heterocycles. The Balaban J connectivity index is 1.43. The summed E-state index contributed by atoms with van der Waals surface area (Å²) in [6.07, 6.45) is 7.74. The molecule has 30 heavy (non-hydrogen) atoms. The van der Waals surface area contributed by atoms with E-state index in [1.54, 1.807) is 12.1 Å². The second kappa shape index (κ2) is 7.66. The van der Waals surface area contributed by atoms with Crippen LogP contribution in [0.4, 0.5) is 4.39 Å². The van der Waals surface area contributed by atoms with Gasteiger partial charge in [-0.1, -0.05) is 43.7 Å². The lowest BCUT2D eigenvalue weighted by Crippen LogP contribution is -2.49. The van der Waals surface area contributed by atoms with Crippen molar-refractivity contribution >= 4 is 0 Å². The molecule has 0 aliphatic heterocycles. The van der Waals surface area contributed by atoms with Gasteiger partial charge in [0.05, 0.1) is 18.0 Å². The maximum atomic E-state index is 13.4. The SMILES string of the molecule is CC12Cc3cnn(-c4ccc(F)cc4)c3C[C@@H]1CCC[C@@H]2[C@@H](O)Cc1ccccc1. The molecule has 5 rings (SSSR count). The molecule has 0 amide bonds. The topological polar surface area (TPSA) is 38.0 Å². The first-order valence-corrected chi connectivity index (χ1v) is 11.1. The molecule has 4 heteroatoms. The van der Waals surface area contributed by atoms with Gasteiger partial charge in [-0.05, 0) is 84.7 Å². The number of fused-ring (bicyclic) bond motifs is 2. The van der Waals surface area contributed by atoms with Gasteiger partial charge in [0.2, 0.25) is 0 Å². The Bertz CT molecular complexity index is 1010. The van der Waals surface area contributed by atoms with Gasteiger partial charge in [0.1, 0.15) is 5.82 Å². The van der Waals surface area contributed by atoms with Crippen molar-refractivity contribution in [1.82, 2.24) is 9.78 Å². The second-order valence-corrected chi connectivity index (χ2v) is 9.38. The second-order valence-electron chi connectivity index (χ2n) is 9.38. The molecule has 3 aromatic rings. The molecular formula is C26H29FN2O. The lowest BCUT2D eigenvalue weighted by Gasteiger charge is -2.52. The van der Waals surface area contributed by atoms with Crippen LogP contribution in [0.25, 0.3) is 5.69 Å². The van der Waals surface area contributed by atoms with Crippen molar-refractivity contribution in [2.75, 3.05) is 0 Å². The number of hydrogen-bond acceptors (Lipinski definition) is 2. The summed E-state index contributed by atoms with van der Waals surface area (Å²) in [4.78, 5) is 0. The normalized spacial score (nSPS) is 26.6. The Kier molecular flexibility index (Phi) is 4.98. The van der Waals surface area contributed by atoms with Gasteiger partial charge in [0.25, 0.3) is 0 Å². The fourth-order valence-corrected chi connectivity index (χ4v) is 6.01. The third-order valence-electron chi connectivity index (χ3n) is 7.64. The summed E-state index contributed by atoms with van der Waals surface area (Å²) >= 11 is 0. The third-order valence-corrected chi connectivity index (χ3v) is 7.64. The molecule has 2 aliphatic rings. The zero-order chi connectivity index (χ0) is 20.7. The number of aliphatic hydroxyl groups is 1. The quantitative estimate of drug-likeness (QED) is 0.654. The maximum Gasteiger partial charge on any atom is 0.123 e. The van der Waals surface area contributed by atoms with Gasteiger partial charge in [-0.3, -0.25) is 0 Å². The van der Waals surface area contributed by atoms with Crippen LogP contribution in [0.2, 0.25) is 0 Å². The number of hydrogen-bond donors (Lipinski definition) is 1. The molecule has 1 unspecified atom stereocenters. The highest BCUT2D eigenvalue weighted by molar-refractivity contribution is 5.37. The summed E-state index contributed by atoms with van der Waals surface area (Å²) in [6.45, 7) is 2.38. The molecule has 2 aromatic carbocycles. The largest absolute Gasteiger partial charge is 0.392 e. The van der Waals surface area contributed by atoms with E-state index < -0.39 is 0 Å². The van der Waals surface area contributed by atoms with E-state index in [-0.39, 0.29) is 17.3 Å². The standard InChI is InChI=1S/C26H29FN2O/c1-26-16-19-17-28-29(22-12-10-21(27)11-13-22)24(19)15-20(26)8-5-9-23(26)25(30)14-18-6-3-2-4-7-18/h2-4,6-7,10-13,17,20,23,25,30H,5,8-9,14-16H2,1H3/t20-,23+,25-,26?/m0/s1. The maximum absolute atomic E-state index is 13.4. The Labute approximate surface area is 177 Å². The van der Waals surface area contributed by atoms with E-state index >= 15 is 0 Å². The highest BCUT2D eigenvalue weighted by Crippen LogP contribution is 2.53. The Morgan fingerprint density at radius 1 is 1.13 bits per heavy atom. The zero-order valence-electron chi connectivity index (χ0n) is 17.5. The molecule has 1 N–H and O–H groups in total. The highest BCUT2D eigenvalue weighted by atomic mass is 19.1. The average molecular weight is 405 g/mol. The minimum absolute atomic E-state index is 0.0795. The Hall–Kier alpha value is -2.46. The molecular weight excluding hydrogens is 375 g/mol. The molecule has 1 fully saturated rings. The van der Waals surface area contributed by atoms with Crippen LogP contribution >= 0.6 is 0 Å². The smallest absolute Gasteiger partial charge is 0.123 e. The molecule has 4 atom stereocenters. The van der Waals surface area contributed by atoms with Gasteiger partial charge >= 0.3 is 0 Å². The minimum atomic E-state index is -0.325.